The van der Waals surface area contributed by atoms with Crippen molar-refractivity contribution in [1.29, 1.82) is 0 Å². The summed E-state index contributed by atoms with van der Waals surface area (Å²) in [5.41, 5.74) is 2.54. The number of hydrogen-bond donors (Lipinski definition) is 0. The summed E-state index contributed by atoms with van der Waals surface area (Å²) in [5.74, 6) is -0.314. The smallest absolute Gasteiger partial charge is 0.168 e. The highest BCUT2D eigenvalue weighted by Crippen LogP contribution is 2.32. The molecule has 1 saturated heterocycles. The molecule has 3 nitrogen and oxygen atoms in total. The minimum absolute atomic E-state index is 0.314. The first-order valence-electron chi connectivity index (χ1n) is 6.50. The van der Waals surface area contributed by atoms with Crippen molar-refractivity contribution < 1.29 is 9.47 Å². The molecule has 1 aromatic heterocycles. The van der Waals surface area contributed by atoms with Crippen LogP contribution in [-0.4, -0.2) is 24.0 Å². The first-order chi connectivity index (χ1) is 8.38. The fraction of sp³-hybridized carbons (Fsp3) is 0.643. The maximum atomic E-state index is 5.90. The number of ether oxygens (including phenoxy) is 2. The molecule has 1 aliphatic heterocycles. The third-order valence-corrected chi connectivity index (χ3v) is 3.69. The van der Waals surface area contributed by atoms with Gasteiger partial charge in [-0.1, -0.05) is 0 Å². The molecule has 0 saturated carbocycles. The summed E-state index contributed by atoms with van der Waals surface area (Å²) in [6, 6.07) is 5.13. The molecule has 1 radical (unpaired) electrons. The molecular formula is C14H18NO2. The molecule has 0 N–H and O–H groups in total. The molecule has 1 aromatic rings. The van der Waals surface area contributed by atoms with E-state index in [1.54, 1.807) is 6.20 Å². The minimum Gasteiger partial charge on any atom is -0.350 e. The van der Waals surface area contributed by atoms with Crippen LogP contribution >= 0.6 is 0 Å². The van der Waals surface area contributed by atoms with Gasteiger partial charge >= 0.3 is 0 Å². The average Bonchev–Trinajstić information content (AvgIpc) is 2.37. The quantitative estimate of drug-likeness (QED) is 0.687. The molecule has 1 aliphatic carbocycles. The zero-order valence-corrected chi connectivity index (χ0v) is 10.1. The average molecular weight is 232 g/mol. The van der Waals surface area contributed by atoms with E-state index in [4.69, 9.17) is 9.47 Å². The SMILES string of the molecule is [c]1cnc2c(c1)CCC1(CCC2)OCCCO1. The maximum absolute atomic E-state index is 5.90. The number of aromatic nitrogens is 1. The van der Waals surface area contributed by atoms with Crippen LogP contribution in [0.15, 0.2) is 12.3 Å². The Morgan fingerprint density at radius 3 is 2.88 bits per heavy atom. The summed E-state index contributed by atoms with van der Waals surface area (Å²) in [7, 11) is 0. The van der Waals surface area contributed by atoms with Gasteiger partial charge in [0.05, 0.1) is 13.2 Å². The normalized spacial score (nSPS) is 23.8. The third kappa shape index (κ3) is 2.35. The second kappa shape index (κ2) is 4.75. The largest absolute Gasteiger partial charge is 0.350 e. The van der Waals surface area contributed by atoms with Gasteiger partial charge in [-0.25, -0.2) is 0 Å². The van der Waals surface area contributed by atoms with Gasteiger partial charge in [0.1, 0.15) is 0 Å². The van der Waals surface area contributed by atoms with E-state index in [-0.39, 0.29) is 5.79 Å². The highest BCUT2D eigenvalue weighted by atomic mass is 16.7. The number of pyridine rings is 1. The van der Waals surface area contributed by atoms with Gasteiger partial charge in [0.2, 0.25) is 0 Å². The second-order valence-electron chi connectivity index (χ2n) is 4.86. The molecule has 0 bridgehead atoms. The lowest BCUT2D eigenvalue weighted by Crippen LogP contribution is -2.41. The second-order valence-corrected chi connectivity index (χ2v) is 4.86. The summed E-state index contributed by atoms with van der Waals surface area (Å²) in [6.45, 7) is 1.68. The summed E-state index contributed by atoms with van der Waals surface area (Å²) in [4.78, 5) is 4.42. The molecule has 0 unspecified atom stereocenters. The molecule has 1 fully saturated rings. The van der Waals surface area contributed by atoms with Crippen LogP contribution in [0.2, 0.25) is 0 Å². The maximum Gasteiger partial charge on any atom is 0.168 e. The van der Waals surface area contributed by atoms with Crippen molar-refractivity contribution in [2.45, 2.75) is 44.3 Å². The zero-order valence-electron chi connectivity index (χ0n) is 10.1. The van der Waals surface area contributed by atoms with Gasteiger partial charge in [0, 0.05) is 30.8 Å². The minimum atomic E-state index is -0.314. The fourth-order valence-electron chi connectivity index (χ4n) is 2.74. The van der Waals surface area contributed by atoms with Gasteiger partial charge in [-0.05, 0) is 37.3 Å². The molecule has 91 valence electrons. The molecule has 0 aromatic carbocycles. The van der Waals surface area contributed by atoms with E-state index in [2.05, 4.69) is 17.1 Å². The Hall–Kier alpha value is -0.930. The molecule has 1 spiro atoms. The van der Waals surface area contributed by atoms with E-state index < -0.39 is 0 Å². The predicted octanol–water partition coefficient (Wildman–Crippen LogP) is 2.28. The topological polar surface area (TPSA) is 31.4 Å². The van der Waals surface area contributed by atoms with Gasteiger partial charge < -0.3 is 9.47 Å². The van der Waals surface area contributed by atoms with Crippen molar-refractivity contribution in [1.82, 2.24) is 4.98 Å². The predicted molar refractivity (Wildman–Crippen MR) is 63.6 cm³/mol. The number of nitrogens with zero attached hydrogens (tertiary/aromatic N) is 1. The van der Waals surface area contributed by atoms with Crippen molar-refractivity contribution in [2.75, 3.05) is 13.2 Å². The van der Waals surface area contributed by atoms with Crippen LogP contribution in [0.3, 0.4) is 0 Å². The lowest BCUT2D eigenvalue weighted by Gasteiger charge is -2.38. The number of fused-ring (bicyclic) bond motifs is 1. The van der Waals surface area contributed by atoms with Gasteiger partial charge in [-0.3, -0.25) is 4.98 Å². The lowest BCUT2D eigenvalue weighted by atomic mass is 9.92. The Balaban J connectivity index is 1.78. The number of hydrogen-bond acceptors (Lipinski definition) is 3. The summed E-state index contributed by atoms with van der Waals surface area (Å²) >= 11 is 0. The molecule has 17 heavy (non-hydrogen) atoms. The Morgan fingerprint density at radius 1 is 1.12 bits per heavy atom. The van der Waals surface area contributed by atoms with E-state index in [0.29, 0.717) is 0 Å². The molecule has 2 aliphatic rings. The summed E-state index contributed by atoms with van der Waals surface area (Å²) < 4.78 is 11.8. The molecule has 0 amide bonds. The first-order valence-corrected chi connectivity index (χ1v) is 6.50. The van der Waals surface area contributed by atoms with E-state index >= 15 is 0 Å². The fourth-order valence-corrected chi connectivity index (χ4v) is 2.74. The van der Waals surface area contributed by atoms with Crippen molar-refractivity contribution in [3.63, 3.8) is 0 Å². The lowest BCUT2D eigenvalue weighted by molar-refractivity contribution is -0.274. The van der Waals surface area contributed by atoms with E-state index in [1.807, 2.05) is 0 Å². The summed E-state index contributed by atoms with van der Waals surface area (Å²) in [5, 5.41) is 0. The van der Waals surface area contributed by atoms with E-state index in [0.717, 1.165) is 51.7 Å². The zero-order chi connectivity index (χ0) is 11.6. The number of rotatable bonds is 0. The number of aryl methyl sites for hydroxylation is 2. The van der Waals surface area contributed by atoms with Crippen molar-refractivity contribution in [3.05, 3.63) is 29.6 Å². The van der Waals surface area contributed by atoms with Gasteiger partial charge in [-0.15, -0.1) is 0 Å². The van der Waals surface area contributed by atoms with Crippen LogP contribution in [0.25, 0.3) is 0 Å². The van der Waals surface area contributed by atoms with Gasteiger partial charge in [0.15, 0.2) is 5.79 Å². The Bertz CT molecular complexity index is 386. The van der Waals surface area contributed by atoms with Crippen LogP contribution < -0.4 is 0 Å². The van der Waals surface area contributed by atoms with Crippen LogP contribution in [-0.2, 0) is 22.3 Å². The highest BCUT2D eigenvalue weighted by molar-refractivity contribution is 5.20. The van der Waals surface area contributed by atoms with Crippen LogP contribution in [0.5, 0.6) is 0 Å². The van der Waals surface area contributed by atoms with Crippen LogP contribution in [0.1, 0.15) is 36.9 Å². The monoisotopic (exact) mass is 232 g/mol. The van der Waals surface area contributed by atoms with Crippen molar-refractivity contribution >= 4 is 0 Å². The molecular weight excluding hydrogens is 214 g/mol. The molecule has 0 atom stereocenters. The first kappa shape index (κ1) is 11.2. The van der Waals surface area contributed by atoms with Crippen molar-refractivity contribution in [3.8, 4) is 0 Å². The third-order valence-electron chi connectivity index (χ3n) is 3.69. The molecule has 3 rings (SSSR count). The standard InChI is InChI=1S/C14H18NO2/c1-5-13-12(4-2-9-15-13)6-8-14(7-1)16-10-3-11-17-14/h4,9H,1,3,5-8,10-11H2. The van der Waals surface area contributed by atoms with Gasteiger partial charge in [-0.2, -0.15) is 0 Å². The Labute approximate surface area is 102 Å². The Morgan fingerprint density at radius 2 is 2.00 bits per heavy atom. The molecule has 3 heteroatoms. The van der Waals surface area contributed by atoms with Crippen LogP contribution in [0.4, 0.5) is 0 Å². The van der Waals surface area contributed by atoms with E-state index in [9.17, 15) is 0 Å². The van der Waals surface area contributed by atoms with Gasteiger partial charge in [0.25, 0.3) is 0 Å². The van der Waals surface area contributed by atoms with Crippen molar-refractivity contribution in [2.24, 2.45) is 0 Å². The Kier molecular flexibility index (Phi) is 3.12. The molecule has 2 heterocycles. The van der Waals surface area contributed by atoms with Crippen LogP contribution in [0, 0.1) is 6.07 Å². The highest BCUT2D eigenvalue weighted by Gasteiger charge is 2.35. The van der Waals surface area contributed by atoms with E-state index in [1.165, 1.54) is 11.3 Å². The summed E-state index contributed by atoms with van der Waals surface area (Å²) in [6.07, 6.45) is 7.83.